The van der Waals surface area contributed by atoms with Crippen molar-refractivity contribution >= 4 is 26.7 Å². The number of nitrogens with zero attached hydrogens (tertiary/aromatic N) is 2. The summed E-state index contributed by atoms with van der Waals surface area (Å²) in [6, 6.07) is 10.8. The van der Waals surface area contributed by atoms with Crippen molar-refractivity contribution in [1.29, 1.82) is 0 Å². The number of carbonyl (C=O) groups is 1. The van der Waals surface area contributed by atoms with E-state index in [1.54, 1.807) is 17.0 Å². The Morgan fingerprint density at radius 2 is 1.75 bits per heavy atom. The van der Waals surface area contributed by atoms with Gasteiger partial charge < -0.3 is 9.64 Å². The molecule has 0 N–H and O–H groups in total. The molecule has 2 aromatic rings. The molecule has 0 unspecified atom stereocenters. The Balaban J connectivity index is 1.93. The summed E-state index contributed by atoms with van der Waals surface area (Å²) >= 11 is 0. The standard InChI is InChI=1S/C21H28N2O4S/c1-4-27-19-10-11-20(18-9-6-5-8-17(18)19)28(25,26)23-13-7-12-22(14-15-23)21(24)16(2)3/h5-6,8-11,16H,4,7,12-15H2,1-3H3. The maximum absolute atomic E-state index is 13.4. The fourth-order valence-corrected chi connectivity index (χ4v) is 5.27. The third-order valence-electron chi connectivity index (χ3n) is 5.02. The van der Waals surface area contributed by atoms with E-state index in [-0.39, 0.29) is 16.7 Å². The van der Waals surface area contributed by atoms with E-state index in [1.807, 2.05) is 45.0 Å². The fourth-order valence-electron chi connectivity index (χ4n) is 3.61. The average Bonchev–Trinajstić information content (AvgIpc) is 2.94. The highest BCUT2D eigenvalue weighted by Crippen LogP contribution is 2.32. The van der Waals surface area contributed by atoms with E-state index in [9.17, 15) is 13.2 Å². The first-order valence-electron chi connectivity index (χ1n) is 9.79. The molecule has 28 heavy (non-hydrogen) atoms. The highest BCUT2D eigenvalue weighted by Gasteiger charge is 2.30. The summed E-state index contributed by atoms with van der Waals surface area (Å²) in [5.41, 5.74) is 0. The number of hydrogen-bond donors (Lipinski definition) is 0. The van der Waals surface area contributed by atoms with E-state index in [0.717, 1.165) is 5.39 Å². The second-order valence-electron chi connectivity index (χ2n) is 7.28. The molecule has 0 bridgehead atoms. The summed E-state index contributed by atoms with van der Waals surface area (Å²) in [6.45, 7) is 7.89. The lowest BCUT2D eigenvalue weighted by Crippen LogP contribution is -2.39. The van der Waals surface area contributed by atoms with Gasteiger partial charge in [0.25, 0.3) is 0 Å². The third-order valence-corrected chi connectivity index (χ3v) is 6.98. The van der Waals surface area contributed by atoms with Gasteiger partial charge in [-0.05, 0) is 25.5 Å². The monoisotopic (exact) mass is 404 g/mol. The average molecular weight is 405 g/mol. The molecular weight excluding hydrogens is 376 g/mol. The Morgan fingerprint density at radius 1 is 1.04 bits per heavy atom. The van der Waals surface area contributed by atoms with E-state index >= 15 is 0 Å². The number of carbonyl (C=O) groups excluding carboxylic acids is 1. The van der Waals surface area contributed by atoms with Gasteiger partial charge in [-0.25, -0.2) is 8.42 Å². The largest absolute Gasteiger partial charge is 0.493 e. The first-order chi connectivity index (χ1) is 13.4. The minimum Gasteiger partial charge on any atom is -0.493 e. The Hall–Kier alpha value is -2.12. The second kappa shape index (κ2) is 8.49. The summed E-state index contributed by atoms with van der Waals surface area (Å²) in [7, 11) is -3.67. The van der Waals surface area contributed by atoms with Crippen LogP contribution in [0.2, 0.25) is 0 Å². The zero-order valence-corrected chi connectivity index (χ0v) is 17.5. The maximum Gasteiger partial charge on any atom is 0.243 e. The highest BCUT2D eigenvalue weighted by molar-refractivity contribution is 7.89. The molecule has 1 heterocycles. The molecule has 152 valence electrons. The van der Waals surface area contributed by atoms with Gasteiger partial charge >= 0.3 is 0 Å². The van der Waals surface area contributed by atoms with Crippen molar-refractivity contribution in [2.75, 3.05) is 32.8 Å². The van der Waals surface area contributed by atoms with Gasteiger partial charge in [-0.1, -0.05) is 38.1 Å². The van der Waals surface area contributed by atoms with Crippen LogP contribution in [0.25, 0.3) is 10.8 Å². The molecule has 3 rings (SSSR count). The third kappa shape index (κ3) is 4.00. The van der Waals surface area contributed by atoms with Crippen molar-refractivity contribution in [2.45, 2.75) is 32.1 Å². The Kier molecular flexibility index (Phi) is 6.25. The molecule has 7 heteroatoms. The minimum atomic E-state index is -3.67. The number of amides is 1. The van der Waals surface area contributed by atoms with E-state index in [2.05, 4.69) is 0 Å². The molecule has 0 spiro atoms. The summed E-state index contributed by atoms with van der Waals surface area (Å²) in [5, 5.41) is 1.45. The van der Waals surface area contributed by atoms with Crippen molar-refractivity contribution in [1.82, 2.24) is 9.21 Å². The molecule has 0 saturated carbocycles. The smallest absolute Gasteiger partial charge is 0.243 e. The van der Waals surface area contributed by atoms with Gasteiger partial charge in [0.1, 0.15) is 5.75 Å². The SMILES string of the molecule is CCOc1ccc(S(=O)(=O)N2CCCN(C(=O)C(C)C)CC2)c2ccccc12. The lowest BCUT2D eigenvalue weighted by atomic mass is 10.1. The van der Waals surface area contributed by atoms with Crippen LogP contribution in [-0.2, 0) is 14.8 Å². The summed E-state index contributed by atoms with van der Waals surface area (Å²) in [4.78, 5) is 14.4. The number of sulfonamides is 1. The van der Waals surface area contributed by atoms with Crippen LogP contribution in [-0.4, -0.2) is 56.3 Å². The number of ether oxygens (including phenoxy) is 1. The molecule has 1 amide bonds. The number of rotatable bonds is 5. The predicted molar refractivity (Wildman–Crippen MR) is 110 cm³/mol. The van der Waals surface area contributed by atoms with Gasteiger partial charge in [0.05, 0.1) is 11.5 Å². The Bertz CT molecular complexity index is 956. The van der Waals surface area contributed by atoms with Crippen molar-refractivity contribution in [3.63, 3.8) is 0 Å². The molecule has 1 aliphatic rings. The quantitative estimate of drug-likeness (QED) is 0.768. The van der Waals surface area contributed by atoms with Gasteiger partial charge in [0.2, 0.25) is 15.9 Å². The van der Waals surface area contributed by atoms with E-state index in [4.69, 9.17) is 4.74 Å². The lowest BCUT2D eigenvalue weighted by molar-refractivity contribution is -0.134. The molecule has 0 aromatic heterocycles. The van der Waals surface area contributed by atoms with Gasteiger partial charge in [0, 0.05) is 42.9 Å². The minimum absolute atomic E-state index is 0.0748. The molecule has 1 saturated heterocycles. The maximum atomic E-state index is 13.4. The first-order valence-corrected chi connectivity index (χ1v) is 11.2. The predicted octanol–water partition coefficient (Wildman–Crippen LogP) is 3.12. The Morgan fingerprint density at radius 3 is 2.43 bits per heavy atom. The van der Waals surface area contributed by atoms with Crippen LogP contribution >= 0.6 is 0 Å². The van der Waals surface area contributed by atoms with Gasteiger partial charge in [-0.3, -0.25) is 4.79 Å². The second-order valence-corrected chi connectivity index (χ2v) is 9.18. The zero-order valence-electron chi connectivity index (χ0n) is 16.7. The topological polar surface area (TPSA) is 66.9 Å². The summed E-state index contributed by atoms with van der Waals surface area (Å²) < 4.78 is 34.0. The number of hydrogen-bond acceptors (Lipinski definition) is 4. The zero-order chi connectivity index (χ0) is 20.3. The highest BCUT2D eigenvalue weighted by atomic mass is 32.2. The lowest BCUT2D eigenvalue weighted by Gasteiger charge is -2.24. The first kappa shape index (κ1) is 20.6. The van der Waals surface area contributed by atoms with Gasteiger partial charge in [-0.2, -0.15) is 4.31 Å². The van der Waals surface area contributed by atoms with Gasteiger partial charge in [-0.15, -0.1) is 0 Å². The molecule has 1 fully saturated rings. The number of benzene rings is 2. The summed E-state index contributed by atoms with van der Waals surface area (Å²) in [6.07, 6.45) is 0.632. The van der Waals surface area contributed by atoms with Crippen LogP contribution in [0, 0.1) is 5.92 Å². The molecular formula is C21H28N2O4S. The van der Waals surface area contributed by atoms with Crippen LogP contribution in [0.5, 0.6) is 5.75 Å². The van der Waals surface area contributed by atoms with Gasteiger partial charge in [0.15, 0.2) is 0 Å². The van der Waals surface area contributed by atoms with Crippen LogP contribution < -0.4 is 4.74 Å². The van der Waals surface area contributed by atoms with Crippen LogP contribution in [0.1, 0.15) is 27.2 Å². The Labute approximate surface area is 167 Å². The molecule has 0 aliphatic carbocycles. The van der Waals surface area contributed by atoms with Crippen LogP contribution in [0.3, 0.4) is 0 Å². The normalized spacial score (nSPS) is 16.4. The fraction of sp³-hybridized carbons (Fsp3) is 0.476. The molecule has 1 aliphatic heterocycles. The molecule has 0 atom stereocenters. The van der Waals surface area contributed by atoms with E-state index in [0.29, 0.717) is 50.3 Å². The molecule has 0 radical (unpaired) electrons. The van der Waals surface area contributed by atoms with Crippen molar-refractivity contribution in [3.8, 4) is 5.75 Å². The van der Waals surface area contributed by atoms with Crippen molar-refractivity contribution in [3.05, 3.63) is 36.4 Å². The van der Waals surface area contributed by atoms with E-state index < -0.39 is 10.0 Å². The van der Waals surface area contributed by atoms with Crippen LogP contribution in [0.4, 0.5) is 0 Å². The van der Waals surface area contributed by atoms with Crippen molar-refractivity contribution < 1.29 is 17.9 Å². The summed E-state index contributed by atoms with van der Waals surface area (Å²) in [5.74, 6) is 0.672. The van der Waals surface area contributed by atoms with E-state index in [1.165, 1.54) is 4.31 Å². The molecule has 6 nitrogen and oxygen atoms in total. The van der Waals surface area contributed by atoms with Crippen LogP contribution in [0.15, 0.2) is 41.3 Å². The van der Waals surface area contributed by atoms with Crippen molar-refractivity contribution in [2.24, 2.45) is 5.92 Å². The molecule has 2 aromatic carbocycles. The number of fused-ring (bicyclic) bond motifs is 1.